The fourth-order valence-electron chi connectivity index (χ4n) is 1.01. The average Bonchev–Trinajstić information content (AvgIpc) is 2.45. The summed E-state index contributed by atoms with van der Waals surface area (Å²) in [5.41, 5.74) is 2.94. The van der Waals surface area contributed by atoms with Crippen LogP contribution >= 0.6 is 8.25 Å². The highest BCUT2D eigenvalue weighted by Crippen LogP contribution is 2.27. The molecule has 0 heterocycles. The van der Waals surface area contributed by atoms with E-state index in [9.17, 15) is 0 Å². The van der Waals surface area contributed by atoms with Gasteiger partial charge in [0.05, 0.1) is 0 Å². The highest BCUT2D eigenvalue weighted by Gasteiger charge is 2.07. The Kier molecular flexibility index (Phi) is 2.83. The minimum absolute atomic E-state index is 1.19. The topological polar surface area (TPSA) is 57.5 Å². The van der Waals surface area contributed by atoms with Crippen LogP contribution in [-0.2, 0) is 4.57 Å². The van der Waals surface area contributed by atoms with Crippen molar-refractivity contribution in [3.05, 3.63) is 35.5 Å². The number of rotatable bonds is 0. The normalized spacial score (nSPS) is 17.7. The van der Waals surface area contributed by atoms with Crippen molar-refractivity contribution in [2.75, 3.05) is 0 Å². The van der Waals surface area contributed by atoms with E-state index in [1.165, 1.54) is 17.6 Å². The van der Waals surface area contributed by atoms with Crippen molar-refractivity contribution < 1.29 is 14.4 Å². The van der Waals surface area contributed by atoms with Crippen molar-refractivity contribution in [1.29, 1.82) is 0 Å². The number of hydrogen-bond acceptors (Lipinski definition) is 1. The summed E-state index contributed by atoms with van der Waals surface area (Å²) in [6.07, 6.45) is 9.90. The molecule has 0 aromatic rings. The van der Waals surface area contributed by atoms with E-state index in [2.05, 4.69) is 24.3 Å². The Bertz CT molecular complexity index is 239. The van der Waals surface area contributed by atoms with Gasteiger partial charge < -0.3 is 9.79 Å². The lowest BCUT2D eigenvalue weighted by Crippen LogP contribution is -1.59. The summed E-state index contributed by atoms with van der Waals surface area (Å²) in [6.45, 7) is 0. The zero-order valence-electron chi connectivity index (χ0n) is 5.82. The molecule has 0 aromatic heterocycles. The first-order valence-corrected chi connectivity index (χ1v) is 4.48. The second-order valence-electron chi connectivity index (χ2n) is 2.28. The van der Waals surface area contributed by atoms with Gasteiger partial charge in [0.2, 0.25) is 0 Å². The lowest BCUT2D eigenvalue weighted by molar-refractivity contribution is 0.405. The molecule has 0 fully saturated rings. The van der Waals surface area contributed by atoms with Crippen LogP contribution in [-0.4, -0.2) is 9.79 Å². The van der Waals surface area contributed by atoms with E-state index in [0.29, 0.717) is 0 Å². The monoisotopic (exact) mass is 172 g/mol. The van der Waals surface area contributed by atoms with E-state index in [1.54, 1.807) is 0 Å². The van der Waals surface area contributed by atoms with Gasteiger partial charge in [-0.15, -0.1) is 0 Å². The lowest BCUT2D eigenvalue weighted by atomic mass is 10.3. The highest BCUT2D eigenvalue weighted by atomic mass is 31.1. The minimum atomic E-state index is -3.13. The van der Waals surface area contributed by atoms with Crippen molar-refractivity contribution in [3.63, 3.8) is 0 Å². The van der Waals surface area contributed by atoms with Crippen LogP contribution in [0, 0.1) is 0 Å². The minimum Gasteiger partial charge on any atom is -0.326 e. The van der Waals surface area contributed by atoms with E-state index in [0.717, 1.165) is 0 Å². The van der Waals surface area contributed by atoms with Gasteiger partial charge in [-0.3, -0.25) is 4.57 Å². The van der Waals surface area contributed by atoms with Gasteiger partial charge in [0, 0.05) is 0 Å². The summed E-state index contributed by atoms with van der Waals surface area (Å²) in [7, 11) is -3.13. The maximum absolute atomic E-state index is 8.74. The fourth-order valence-corrected chi connectivity index (χ4v) is 1.01. The molecule has 0 unspecified atom stereocenters. The first-order chi connectivity index (χ1) is 5.18. The smallest absolute Gasteiger partial charge is 0.314 e. The molecule has 2 aliphatic carbocycles. The van der Waals surface area contributed by atoms with Crippen LogP contribution in [0.4, 0.5) is 0 Å². The molecule has 0 saturated heterocycles. The third kappa shape index (κ3) is 2.85. The molecular weight excluding hydrogens is 163 g/mol. The first kappa shape index (κ1) is 8.47. The molecule has 0 aliphatic heterocycles. The van der Waals surface area contributed by atoms with E-state index >= 15 is 0 Å². The largest absolute Gasteiger partial charge is 0.326 e. The van der Waals surface area contributed by atoms with Crippen LogP contribution in [0.15, 0.2) is 35.5 Å². The maximum atomic E-state index is 8.74. The van der Waals surface area contributed by atoms with Crippen LogP contribution in [0.3, 0.4) is 0 Å². The molecule has 2 aliphatic rings. The maximum Gasteiger partial charge on any atom is 0.314 e. The van der Waals surface area contributed by atoms with Gasteiger partial charge in [0.15, 0.2) is 0 Å². The zero-order valence-corrected chi connectivity index (χ0v) is 6.82. The van der Waals surface area contributed by atoms with Gasteiger partial charge in [-0.05, 0) is 17.6 Å². The molecule has 0 amide bonds. The molecule has 11 heavy (non-hydrogen) atoms. The van der Waals surface area contributed by atoms with E-state index in [1.807, 2.05) is 0 Å². The zero-order chi connectivity index (χ0) is 8.27. The average molecular weight is 172 g/mol. The third-order valence-corrected chi connectivity index (χ3v) is 1.43. The Balaban J connectivity index is 0.000000134. The van der Waals surface area contributed by atoms with E-state index in [4.69, 9.17) is 14.4 Å². The van der Waals surface area contributed by atoms with Crippen molar-refractivity contribution in [2.24, 2.45) is 0 Å². The lowest BCUT2D eigenvalue weighted by Gasteiger charge is -1.77. The van der Waals surface area contributed by atoms with E-state index < -0.39 is 8.25 Å². The number of fused-ring (bicyclic) bond motifs is 2. The molecule has 2 N–H and O–H groups in total. The van der Waals surface area contributed by atoms with Crippen molar-refractivity contribution >= 4 is 8.25 Å². The standard InChI is InChI=1S/C7H6.H3O3P/c1-2-7-4-3-6(1)5-7;1-4(2)3/h1-4H,5H2;4H,(H2,1,2,3). The fraction of sp³-hybridized carbons (Fsp3) is 0.143. The van der Waals surface area contributed by atoms with Gasteiger partial charge in [0.25, 0.3) is 0 Å². The molecular formula is C7H9O3P. The van der Waals surface area contributed by atoms with Crippen LogP contribution in [0.1, 0.15) is 6.42 Å². The molecule has 2 rings (SSSR count). The number of hydrogen-bond donors (Lipinski definition) is 2. The van der Waals surface area contributed by atoms with Gasteiger partial charge in [0.1, 0.15) is 0 Å². The van der Waals surface area contributed by atoms with Gasteiger partial charge >= 0.3 is 8.25 Å². The molecule has 2 bridgehead atoms. The Hall–Kier alpha value is -0.630. The summed E-state index contributed by atoms with van der Waals surface area (Å²) in [4.78, 5) is 14.3. The van der Waals surface area contributed by atoms with Crippen LogP contribution in [0.2, 0.25) is 0 Å². The van der Waals surface area contributed by atoms with Crippen molar-refractivity contribution in [1.82, 2.24) is 0 Å². The van der Waals surface area contributed by atoms with Crippen LogP contribution < -0.4 is 0 Å². The second kappa shape index (κ2) is 3.67. The molecule has 0 spiro atoms. The highest BCUT2D eigenvalue weighted by molar-refractivity contribution is 7.30. The van der Waals surface area contributed by atoms with Crippen molar-refractivity contribution in [3.8, 4) is 0 Å². The molecule has 0 aromatic carbocycles. The van der Waals surface area contributed by atoms with Crippen molar-refractivity contribution in [2.45, 2.75) is 6.42 Å². The SMILES string of the molecule is C1=CC2=CC=C1C2.O=[PH](O)O. The predicted molar refractivity (Wildman–Crippen MR) is 43.4 cm³/mol. The molecule has 4 heteroatoms. The third-order valence-electron chi connectivity index (χ3n) is 1.43. The summed E-state index contributed by atoms with van der Waals surface area (Å²) in [5, 5.41) is 0. The van der Waals surface area contributed by atoms with Crippen LogP contribution in [0.25, 0.3) is 0 Å². The van der Waals surface area contributed by atoms with Gasteiger partial charge in [-0.25, -0.2) is 0 Å². The van der Waals surface area contributed by atoms with Gasteiger partial charge in [-0.2, -0.15) is 0 Å². The first-order valence-electron chi connectivity index (χ1n) is 3.18. The molecule has 0 atom stereocenters. The van der Waals surface area contributed by atoms with Crippen LogP contribution in [0.5, 0.6) is 0 Å². The summed E-state index contributed by atoms with van der Waals surface area (Å²) >= 11 is 0. The summed E-state index contributed by atoms with van der Waals surface area (Å²) in [6, 6.07) is 0. The predicted octanol–water partition coefficient (Wildman–Crippen LogP) is 1.17. The molecule has 0 radical (unpaired) electrons. The quantitative estimate of drug-likeness (QED) is 0.539. The molecule has 3 nitrogen and oxygen atoms in total. The molecule has 0 saturated carbocycles. The Morgan fingerprint density at radius 2 is 1.55 bits per heavy atom. The summed E-state index contributed by atoms with van der Waals surface area (Å²) < 4.78 is 8.74. The number of allylic oxidation sites excluding steroid dienone is 6. The Morgan fingerprint density at radius 1 is 1.18 bits per heavy atom. The Morgan fingerprint density at radius 3 is 1.64 bits per heavy atom. The van der Waals surface area contributed by atoms with Gasteiger partial charge in [-0.1, -0.05) is 24.3 Å². The van der Waals surface area contributed by atoms with E-state index in [-0.39, 0.29) is 0 Å². The molecule has 60 valence electrons. The summed E-state index contributed by atoms with van der Waals surface area (Å²) in [5.74, 6) is 0. The second-order valence-corrected chi connectivity index (χ2v) is 2.84. The Labute approximate surface area is 65.3 Å².